The van der Waals surface area contributed by atoms with Crippen LogP contribution in [0.25, 0.3) is 0 Å². The Morgan fingerprint density at radius 1 is 1.36 bits per heavy atom. The highest BCUT2D eigenvalue weighted by molar-refractivity contribution is 7.98. The second-order valence-electron chi connectivity index (χ2n) is 5.81. The molecule has 0 amide bonds. The van der Waals surface area contributed by atoms with Crippen molar-refractivity contribution in [2.45, 2.75) is 31.2 Å². The van der Waals surface area contributed by atoms with Gasteiger partial charge in [0.1, 0.15) is 17.4 Å². The monoisotopic (exact) mass is 353 g/mol. The zero-order valence-corrected chi connectivity index (χ0v) is 15.2. The molecule has 1 aromatic heterocycles. The Morgan fingerprint density at radius 3 is 2.60 bits per heavy atom. The predicted molar refractivity (Wildman–Crippen MR) is 98.6 cm³/mol. The molecule has 5 nitrogen and oxygen atoms in total. The standard InChI is InChI=1S/C19H19N3O2S/c1-4-22-11(2)9-15-17(19(22)23)16(14(10-20)18(21)24-15)12-5-7-13(25-3)8-6-12/h5-9,16H,4,21H2,1-3H3. The molecule has 1 atom stereocenters. The van der Waals surface area contributed by atoms with E-state index >= 15 is 0 Å². The number of nitriles is 1. The fourth-order valence-electron chi connectivity index (χ4n) is 3.21. The predicted octanol–water partition coefficient (Wildman–Crippen LogP) is 3.12. The number of thioether (sulfide) groups is 1. The summed E-state index contributed by atoms with van der Waals surface area (Å²) >= 11 is 1.64. The first-order valence-corrected chi connectivity index (χ1v) is 9.20. The largest absolute Gasteiger partial charge is 0.440 e. The highest BCUT2D eigenvalue weighted by Gasteiger charge is 2.34. The summed E-state index contributed by atoms with van der Waals surface area (Å²) in [6, 6.07) is 11.8. The second-order valence-corrected chi connectivity index (χ2v) is 6.69. The molecule has 1 aromatic carbocycles. The quantitative estimate of drug-likeness (QED) is 0.858. The number of aryl methyl sites for hydroxylation is 1. The Hall–Kier alpha value is -2.65. The maximum Gasteiger partial charge on any atom is 0.258 e. The van der Waals surface area contributed by atoms with Crippen molar-refractivity contribution in [1.29, 1.82) is 5.26 Å². The molecule has 1 aliphatic rings. The van der Waals surface area contributed by atoms with Crippen molar-refractivity contribution >= 4 is 11.8 Å². The zero-order chi connectivity index (χ0) is 18.1. The van der Waals surface area contributed by atoms with Gasteiger partial charge in [-0.2, -0.15) is 5.26 Å². The first kappa shape index (κ1) is 17.2. The van der Waals surface area contributed by atoms with Gasteiger partial charge in [-0.1, -0.05) is 12.1 Å². The first-order valence-electron chi connectivity index (χ1n) is 7.97. The Kier molecular flexibility index (Phi) is 4.60. The Labute approximate surface area is 150 Å². The third-order valence-corrected chi connectivity index (χ3v) is 5.20. The molecule has 1 unspecified atom stereocenters. The van der Waals surface area contributed by atoms with Crippen LogP contribution in [0, 0.1) is 18.3 Å². The van der Waals surface area contributed by atoms with E-state index in [1.807, 2.05) is 50.4 Å². The SMILES string of the molecule is CCn1c(C)cc2c(c1=O)C(c1ccc(SC)cc1)C(C#N)=C(N)O2. The van der Waals surface area contributed by atoms with E-state index in [0.717, 1.165) is 16.2 Å². The van der Waals surface area contributed by atoms with Gasteiger partial charge in [-0.15, -0.1) is 11.8 Å². The maximum atomic E-state index is 13.0. The van der Waals surface area contributed by atoms with Crippen LogP contribution in [0.5, 0.6) is 5.75 Å². The molecule has 0 fully saturated rings. The minimum atomic E-state index is -0.518. The normalized spacial score (nSPS) is 16.2. The molecule has 1 aliphatic heterocycles. The minimum absolute atomic E-state index is 0.0574. The van der Waals surface area contributed by atoms with Gasteiger partial charge in [0, 0.05) is 23.2 Å². The lowest BCUT2D eigenvalue weighted by atomic mass is 9.84. The summed E-state index contributed by atoms with van der Waals surface area (Å²) in [5.41, 5.74) is 8.23. The van der Waals surface area contributed by atoms with E-state index in [4.69, 9.17) is 10.5 Å². The van der Waals surface area contributed by atoms with Crippen LogP contribution in [-0.2, 0) is 6.54 Å². The number of benzene rings is 1. The van der Waals surface area contributed by atoms with Gasteiger partial charge in [0.15, 0.2) is 0 Å². The van der Waals surface area contributed by atoms with Gasteiger partial charge in [0.05, 0.1) is 11.5 Å². The summed E-state index contributed by atoms with van der Waals surface area (Å²) in [5.74, 6) is -0.0276. The average molecular weight is 353 g/mol. The topological polar surface area (TPSA) is 81.0 Å². The molecule has 2 N–H and O–H groups in total. The van der Waals surface area contributed by atoms with Crippen molar-refractivity contribution in [2.75, 3.05) is 6.26 Å². The van der Waals surface area contributed by atoms with Crippen LogP contribution in [0.15, 0.2) is 51.5 Å². The summed E-state index contributed by atoms with van der Waals surface area (Å²) in [5, 5.41) is 9.61. The number of nitrogens with zero attached hydrogens (tertiary/aromatic N) is 2. The molecule has 0 saturated heterocycles. The van der Waals surface area contributed by atoms with Gasteiger partial charge in [-0.25, -0.2) is 0 Å². The van der Waals surface area contributed by atoms with E-state index in [9.17, 15) is 10.1 Å². The summed E-state index contributed by atoms with van der Waals surface area (Å²) < 4.78 is 7.29. The number of nitrogens with two attached hydrogens (primary N) is 1. The molecule has 0 radical (unpaired) electrons. The van der Waals surface area contributed by atoms with Crippen LogP contribution >= 0.6 is 11.8 Å². The number of hydrogen-bond acceptors (Lipinski definition) is 5. The number of rotatable bonds is 3. The number of ether oxygens (including phenoxy) is 1. The van der Waals surface area contributed by atoms with Gasteiger partial charge in [0.25, 0.3) is 5.56 Å². The number of allylic oxidation sites excluding steroid dienone is 1. The molecule has 3 rings (SSSR count). The van der Waals surface area contributed by atoms with Crippen molar-refractivity contribution in [3.05, 3.63) is 69.0 Å². The molecule has 2 heterocycles. The van der Waals surface area contributed by atoms with Gasteiger partial charge in [-0.05, 0) is 37.8 Å². The van der Waals surface area contributed by atoms with E-state index in [2.05, 4.69) is 6.07 Å². The number of hydrogen-bond donors (Lipinski definition) is 1. The number of aromatic nitrogens is 1. The third-order valence-electron chi connectivity index (χ3n) is 4.46. The smallest absolute Gasteiger partial charge is 0.258 e. The third kappa shape index (κ3) is 2.81. The lowest BCUT2D eigenvalue weighted by Crippen LogP contribution is -2.32. The lowest BCUT2D eigenvalue weighted by molar-refractivity contribution is 0.388. The van der Waals surface area contributed by atoms with Gasteiger partial charge < -0.3 is 15.0 Å². The molecule has 128 valence electrons. The number of pyridine rings is 1. The van der Waals surface area contributed by atoms with Crippen LogP contribution in [0.2, 0.25) is 0 Å². The van der Waals surface area contributed by atoms with E-state index in [0.29, 0.717) is 17.9 Å². The molecule has 0 bridgehead atoms. The average Bonchev–Trinajstić information content (AvgIpc) is 2.61. The van der Waals surface area contributed by atoms with Crippen LogP contribution in [0.1, 0.15) is 29.7 Å². The van der Waals surface area contributed by atoms with Crippen molar-refractivity contribution in [3.63, 3.8) is 0 Å². The van der Waals surface area contributed by atoms with Crippen LogP contribution < -0.4 is 16.0 Å². The highest BCUT2D eigenvalue weighted by Crippen LogP contribution is 2.40. The molecular weight excluding hydrogens is 334 g/mol. The fourth-order valence-corrected chi connectivity index (χ4v) is 3.62. The van der Waals surface area contributed by atoms with E-state index in [1.54, 1.807) is 16.3 Å². The molecule has 0 aliphatic carbocycles. The van der Waals surface area contributed by atoms with Crippen molar-refractivity contribution < 1.29 is 4.74 Å². The van der Waals surface area contributed by atoms with Crippen LogP contribution in [-0.4, -0.2) is 10.8 Å². The fraction of sp³-hybridized carbons (Fsp3) is 0.263. The Bertz CT molecular complexity index is 952. The molecule has 25 heavy (non-hydrogen) atoms. The summed E-state index contributed by atoms with van der Waals surface area (Å²) in [6.07, 6.45) is 2.00. The molecule has 2 aromatic rings. The van der Waals surface area contributed by atoms with Crippen LogP contribution in [0.4, 0.5) is 0 Å². The molecule has 0 spiro atoms. The van der Waals surface area contributed by atoms with Crippen molar-refractivity contribution in [3.8, 4) is 11.8 Å². The number of fused-ring (bicyclic) bond motifs is 1. The Morgan fingerprint density at radius 2 is 2.04 bits per heavy atom. The lowest BCUT2D eigenvalue weighted by Gasteiger charge is -2.27. The van der Waals surface area contributed by atoms with E-state index < -0.39 is 5.92 Å². The summed E-state index contributed by atoms with van der Waals surface area (Å²) in [6.45, 7) is 4.33. The highest BCUT2D eigenvalue weighted by atomic mass is 32.2. The van der Waals surface area contributed by atoms with Crippen molar-refractivity contribution in [1.82, 2.24) is 4.57 Å². The maximum absolute atomic E-state index is 13.0. The first-order chi connectivity index (χ1) is 12.0. The van der Waals surface area contributed by atoms with Gasteiger partial charge >= 0.3 is 0 Å². The minimum Gasteiger partial charge on any atom is -0.440 e. The van der Waals surface area contributed by atoms with E-state index in [1.165, 1.54) is 0 Å². The van der Waals surface area contributed by atoms with Crippen molar-refractivity contribution in [2.24, 2.45) is 5.73 Å². The molecule has 0 saturated carbocycles. The molecule has 6 heteroatoms. The molecular formula is C19H19N3O2S. The van der Waals surface area contributed by atoms with E-state index in [-0.39, 0.29) is 17.0 Å². The summed E-state index contributed by atoms with van der Waals surface area (Å²) in [4.78, 5) is 14.2. The van der Waals surface area contributed by atoms with Gasteiger partial charge in [0.2, 0.25) is 5.88 Å². The second kappa shape index (κ2) is 6.69. The Balaban J connectivity index is 2.29. The van der Waals surface area contributed by atoms with Crippen LogP contribution in [0.3, 0.4) is 0 Å². The zero-order valence-electron chi connectivity index (χ0n) is 14.4. The van der Waals surface area contributed by atoms with Gasteiger partial charge in [-0.3, -0.25) is 4.79 Å². The summed E-state index contributed by atoms with van der Waals surface area (Å²) in [7, 11) is 0.